The van der Waals surface area contributed by atoms with Crippen molar-refractivity contribution in [3.8, 4) is 6.07 Å². The molecule has 2 atom stereocenters. The van der Waals surface area contributed by atoms with Crippen LogP contribution in [0.15, 0.2) is 12.2 Å². The SMILES string of the molecule is C=C(C)[C@H]1CCC(C)(C)C(=O)[C@@H]1C#N. The van der Waals surface area contributed by atoms with Crippen LogP contribution >= 0.6 is 0 Å². The molecule has 0 saturated heterocycles. The van der Waals surface area contributed by atoms with Crippen molar-refractivity contribution < 1.29 is 4.79 Å². The molecular weight excluding hydrogens is 174 g/mol. The number of nitriles is 1. The first-order valence-electron chi connectivity index (χ1n) is 4.99. The molecule has 0 N–H and O–H groups in total. The van der Waals surface area contributed by atoms with Gasteiger partial charge >= 0.3 is 0 Å². The molecule has 0 radical (unpaired) electrons. The average molecular weight is 191 g/mol. The molecule has 76 valence electrons. The van der Waals surface area contributed by atoms with E-state index in [-0.39, 0.29) is 17.1 Å². The van der Waals surface area contributed by atoms with Crippen LogP contribution in [0, 0.1) is 28.6 Å². The maximum atomic E-state index is 11.9. The number of ketones is 1. The van der Waals surface area contributed by atoms with E-state index in [9.17, 15) is 4.79 Å². The van der Waals surface area contributed by atoms with Gasteiger partial charge in [-0.1, -0.05) is 26.0 Å². The van der Waals surface area contributed by atoms with Crippen molar-refractivity contribution >= 4 is 5.78 Å². The lowest BCUT2D eigenvalue weighted by Crippen LogP contribution is -2.40. The highest BCUT2D eigenvalue weighted by atomic mass is 16.1. The summed E-state index contributed by atoms with van der Waals surface area (Å²) in [4.78, 5) is 11.9. The molecule has 2 heteroatoms. The van der Waals surface area contributed by atoms with E-state index in [1.165, 1.54) is 0 Å². The zero-order valence-corrected chi connectivity index (χ0v) is 9.13. The first-order valence-corrected chi connectivity index (χ1v) is 4.99. The van der Waals surface area contributed by atoms with Crippen molar-refractivity contribution in [2.75, 3.05) is 0 Å². The minimum atomic E-state index is -0.476. The Morgan fingerprint density at radius 3 is 2.64 bits per heavy atom. The number of hydrogen-bond acceptors (Lipinski definition) is 2. The summed E-state index contributed by atoms with van der Waals surface area (Å²) in [6.45, 7) is 9.61. The maximum absolute atomic E-state index is 11.9. The Hall–Kier alpha value is -1.10. The van der Waals surface area contributed by atoms with Gasteiger partial charge in [0.1, 0.15) is 5.92 Å². The fourth-order valence-electron chi connectivity index (χ4n) is 2.09. The largest absolute Gasteiger partial charge is 0.298 e. The molecule has 1 aliphatic rings. The normalized spacial score (nSPS) is 30.9. The standard InChI is InChI=1S/C12H17NO/c1-8(2)9-5-6-12(3,4)11(14)10(9)7-13/h9-10H,1,5-6H2,2-4H3/t9-,10-/m1/s1. The van der Waals surface area contributed by atoms with Gasteiger partial charge in [-0.3, -0.25) is 4.79 Å². The van der Waals surface area contributed by atoms with Gasteiger partial charge in [0.15, 0.2) is 5.78 Å². The van der Waals surface area contributed by atoms with E-state index in [0.29, 0.717) is 0 Å². The van der Waals surface area contributed by atoms with Crippen molar-refractivity contribution in [2.24, 2.45) is 17.3 Å². The Morgan fingerprint density at radius 1 is 1.64 bits per heavy atom. The number of carbonyl (C=O) groups excluding carboxylic acids is 1. The van der Waals surface area contributed by atoms with Crippen molar-refractivity contribution in [3.05, 3.63) is 12.2 Å². The summed E-state index contributed by atoms with van der Waals surface area (Å²) in [6, 6.07) is 2.13. The van der Waals surface area contributed by atoms with Gasteiger partial charge in [-0.2, -0.15) is 5.26 Å². The molecule has 0 aromatic heterocycles. The molecule has 1 saturated carbocycles. The third-order valence-corrected chi connectivity index (χ3v) is 3.20. The molecule has 0 unspecified atom stereocenters. The fraction of sp³-hybridized carbons (Fsp3) is 0.667. The van der Waals surface area contributed by atoms with Crippen LogP contribution in [0.3, 0.4) is 0 Å². The van der Waals surface area contributed by atoms with E-state index in [4.69, 9.17) is 5.26 Å². The summed E-state index contributed by atoms with van der Waals surface area (Å²) in [5, 5.41) is 9.00. The summed E-state index contributed by atoms with van der Waals surface area (Å²) < 4.78 is 0. The van der Waals surface area contributed by atoms with E-state index < -0.39 is 5.92 Å². The van der Waals surface area contributed by atoms with E-state index in [1.54, 1.807) is 0 Å². The minimum absolute atomic E-state index is 0.0699. The van der Waals surface area contributed by atoms with E-state index in [1.807, 2.05) is 20.8 Å². The Labute approximate surface area is 85.6 Å². The zero-order valence-electron chi connectivity index (χ0n) is 9.13. The molecule has 1 rings (SSSR count). The summed E-state index contributed by atoms with van der Waals surface area (Å²) in [5.41, 5.74) is 0.632. The number of allylic oxidation sites excluding steroid dienone is 1. The van der Waals surface area contributed by atoms with Crippen LogP contribution in [-0.4, -0.2) is 5.78 Å². The van der Waals surface area contributed by atoms with Crippen molar-refractivity contribution in [2.45, 2.75) is 33.6 Å². The molecule has 0 bridgehead atoms. The lowest BCUT2D eigenvalue weighted by Gasteiger charge is -2.36. The van der Waals surface area contributed by atoms with Gasteiger partial charge in [-0.25, -0.2) is 0 Å². The highest BCUT2D eigenvalue weighted by Gasteiger charge is 2.43. The van der Waals surface area contributed by atoms with Crippen LogP contribution in [0.5, 0.6) is 0 Å². The van der Waals surface area contributed by atoms with Gasteiger partial charge in [-0.05, 0) is 19.8 Å². The Balaban J connectivity index is 2.96. The van der Waals surface area contributed by atoms with Crippen LogP contribution in [0.1, 0.15) is 33.6 Å². The molecule has 0 spiro atoms. The average Bonchev–Trinajstić information content (AvgIpc) is 2.09. The number of Topliss-reactive ketones (excluding diaryl/α,β-unsaturated/α-hetero) is 1. The van der Waals surface area contributed by atoms with Crippen molar-refractivity contribution in [3.63, 3.8) is 0 Å². The Morgan fingerprint density at radius 2 is 2.21 bits per heavy atom. The molecule has 14 heavy (non-hydrogen) atoms. The van der Waals surface area contributed by atoms with Crippen LogP contribution in [0.4, 0.5) is 0 Å². The first-order chi connectivity index (χ1) is 6.40. The topological polar surface area (TPSA) is 40.9 Å². The van der Waals surface area contributed by atoms with Crippen LogP contribution in [-0.2, 0) is 4.79 Å². The van der Waals surface area contributed by atoms with Gasteiger partial charge in [0, 0.05) is 11.3 Å². The molecule has 2 nitrogen and oxygen atoms in total. The van der Waals surface area contributed by atoms with E-state index in [2.05, 4.69) is 12.6 Å². The highest BCUT2D eigenvalue weighted by Crippen LogP contribution is 2.41. The van der Waals surface area contributed by atoms with Gasteiger partial charge in [0.25, 0.3) is 0 Å². The molecule has 0 aromatic carbocycles. The van der Waals surface area contributed by atoms with E-state index >= 15 is 0 Å². The lowest BCUT2D eigenvalue weighted by molar-refractivity contribution is -0.133. The molecule has 0 amide bonds. The van der Waals surface area contributed by atoms with Crippen LogP contribution < -0.4 is 0 Å². The molecule has 1 fully saturated rings. The molecular formula is C12H17NO. The fourth-order valence-corrected chi connectivity index (χ4v) is 2.09. The van der Waals surface area contributed by atoms with Crippen LogP contribution in [0.25, 0.3) is 0 Å². The number of nitrogens with zero attached hydrogens (tertiary/aromatic N) is 1. The number of carbonyl (C=O) groups is 1. The number of hydrogen-bond donors (Lipinski definition) is 0. The lowest BCUT2D eigenvalue weighted by atomic mass is 9.65. The van der Waals surface area contributed by atoms with Crippen LogP contribution in [0.2, 0.25) is 0 Å². The summed E-state index contributed by atoms with van der Waals surface area (Å²) >= 11 is 0. The summed E-state index contributed by atoms with van der Waals surface area (Å²) in [5.74, 6) is -0.323. The Kier molecular flexibility index (Phi) is 2.80. The minimum Gasteiger partial charge on any atom is -0.298 e. The molecule has 0 aliphatic heterocycles. The zero-order chi connectivity index (χ0) is 10.9. The Bertz CT molecular complexity index is 309. The second-order valence-electron chi connectivity index (χ2n) is 4.85. The summed E-state index contributed by atoms with van der Waals surface area (Å²) in [7, 11) is 0. The predicted octanol–water partition coefficient (Wildman–Crippen LogP) is 2.71. The summed E-state index contributed by atoms with van der Waals surface area (Å²) in [6.07, 6.45) is 1.77. The van der Waals surface area contributed by atoms with Gasteiger partial charge in [0.05, 0.1) is 6.07 Å². The number of rotatable bonds is 1. The second-order valence-corrected chi connectivity index (χ2v) is 4.85. The van der Waals surface area contributed by atoms with Gasteiger partial charge in [0.2, 0.25) is 0 Å². The van der Waals surface area contributed by atoms with Crippen molar-refractivity contribution in [1.29, 1.82) is 5.26 Å². The smallest absolute Gasteiger partial charge is 0.156 e. The molecule has 1 aliphatic carbocycles. The second kappa shape index (κ2) is 3.57. The van der Waals surface area contributed by atoms with E-state index in [0.717, 1.165) is 18.4 Å². The van der Waals surface area contributed by atoms with Crippen molar-refractivity contribution in [1.82, 2.24) is 0 Å². The van der Waals surface area contributed by atoms with Gasteiger partial charge < -0.3 is 0 Å². The molecule has 0 heterocycles. The van der Waals surface area contributed by atoms with Gasteiger partial charge in [-0.15, -0.1) is 0 Å². The monoisotopic (exact) mass is 191 g/mol. The quantitative estimate of drug-likeness (QED) is 0.598. The first kappa shape index (κ1) is 11.0. The maximum Gasteiger partial charge on any atom is 0.156 e. The third-order valence-electron chi connectivity index (χ3n) is 3.20. The predicted molar refractivity (Wildman–Crippen MR) is 55.4 cm³/mol. The highest BCUT2D eigenvalue weighted by molar-refractivity contribution is 5.89. The molecule has 0 aromatic rings. The third kappa shape index (κ3) is 1.72.